The van der Waals surface area contributed by atoms with Gasteiger partial charge in [0.25, 0.3) is 0 Å². The van der Waals surface area contributed by atoms with E-state index in [1.807, 2.05) is 0 Å². The molecule has 6 heteroatoms. The summed E-state index contributed by atoms with van der Waals surface area (Å²) in [5.41, 5.74) is 0. The maximum atomic E-state index is 11.4. The van der Waals surface area contributed by atoms with Gasteiger partial charge in [0.1, 0.15) is 0 Å². The normalized spacial score (nSPS) is 17.6. The number of rotatable bonds is 6. The first-order valence-electron chi connectivity index (χ1n) is 5.59. The molecule has 0 aromatic rings. The Hall–Kier alpha value is -0.620. The van der Waals surface area contributed by atoms with Crippen molar-refractivity contribution < 1.29 is 22.5 Å². The molecule has 1 aliphatic rings. The molecule has 0 bridgehead atoms. The minimum absolute atomic E-state index is 0.0308. The van der Waals surface area contributed by atoms with E-state index in [1.165, 1.54) is 0 Å². The second-order valence-corrected chi connectivity index (χ2v) is 5.64. The fourth-order valence-electron chi connectivity index (χ4n) is 1.83. The van der Waals surface area contributed by atoms with Gasteiger partial charge >= 0.3 is 5.97 Å². The van der Waals surface area contributed by atoms with E-state index in [1.54, 1.807) is 0 Å². The van der Waals surface area contributed by atoms with E-state index in [4.69, 9.17) is 4.74 Å². The highest BCUT2D eigenvalue weighted by Crippen LogP contribution is 2.25. The molecule has 1 aliphatic carbocycles. The SMILES string of the molecule is O=C(OCCCCS(=O)(=O)[O-])C1CCCC1. The van der Waals surface area contributed by atoms with Gasteiger partial charge in [-0.05, 0) is 25.7 Å². The number of unbranched alkanes of at least 4 members (excludes halogenated alkanes) is 1. The highest BCUT2D eigenvalue weighted by molar-refractivity contribution is 7.85. The van der Waals surface area contributed by atoms with Crippen molar-refractivity contribution in [3.05, 3.63) is 0 Å². The van der Waals surface area contributed by atoms with Gasteiger partial charge in [-0.3, -0.25) is 4.79 Å². The second kappa shape index (κ2) is 6.20. The number of carbonyl (C=O) groups is 1. The van der Waals surface area contributed by atoms with Crippen LogP contribution in [0.1, 0.15) is 38.5 Å². The first kappa shape index (κ1) is 13.4. The van der Waals surface area contributed by atoms with Gasteiger partial charge in [-0.2, -0.15) is 0 Å². The lowest BCUT2D eigenvalue weighted by Crippen LogP contribution is -2.15. The highest BCUT2D eigenvalue weighted by Gasteiger charge is 2.23. The number of esters is 1. The molecule has 0 aromatic heterocycles. The molecule has 0 atom stereocenters. The molecule has 0 saturated heterocycles. The zero-order valence-corrected chi connectivity index (χ0v) is 10.0. The predicted molar refractivity (Wildman–Crippen MR) is 56.7 cm³/mol. The second-order valence-electron chi connectivity index (χ2n) is 4.12. The molecular formula is C10H17O5S-. The van der Waals surface area contributed by atoms with Gasteiger partial charge in [0, 0.05) is 5.75 Å². The zero-order valence-electron chi connectivity index (χ0n) is 9.18. The Bertz CT molecular complexity index is 316. The Morgan fingerprint density at radius 2 is 1.88 bits per heavy atom. The number of ether oxygens (including phenoxy) is 1. The van der Waals surface area contributed by atoms with Gasteiger partial charge in [-0.1, -0.05) is 12.8 Å². The first-order chi connectivity index (χ1) is 7.49. The molecule has 1 fully saturated rings. The first-order valence-corrected chi connectivity index (χ1v) is 7.17. The van der Waals surface area contributed by atoms with E-state index in [2.05, 4.69) is 0 Å². The van der Waals surface area contributed by atoms with Crippen LogP contribution in [0.2, 0.25) is 0 Å². The molecular weight excluding hydrogens is 232 g/mol. The average Bonchev–Trinajstić information content (AvgIpc) is 2.67. The van der Waals surface area contributed by atoms with Crippen LogP contribution in [-0.4, -0.2) is 31.3 Å². The van der Waals surface area contributed by atoms with Gasteiger partial charge in [0.15, 0.2) is 0 Å². The van der Waals surface area contributed by atoms with Crippen LogP contribution in [0.3, 0.4) is 0 Å². The molecule has 0 aliphatic heterocycles. The third kappa shape index (κ3) is 5.46. The van der Waals surface area contributed by atoms with Crippen molar-refractivity contribution in [1.29, 1.82) is 0 Å². The maximum absolute atomic E-state index is 11.4. The number of hydrogen-bond acceptors (Lipinski definition) is 5. The Balaban J connectivity index is 2.04. The van der Waals surface area contributed by atoms with Crippen molar-refractivity contribution in [2.45, 2.75) is 38.5 Å². The Morgan fingerprint density at radius 1 is 1.25 bits per heavy atom. The maximum Gasteiger partial charge on any atom is 0.308 e. The smallest absolute Gasteiger partial charge is 0.308 e. The number of carbonyl (C=O) groups excluding carboxylic acids is 1. The fraction of sp³-hybridized carbons (Fsp3) is 0.900. The summed E-state index contributed by atoms with van der Waals surface area (Å²) in [4.78, 5) is 11.4. The molecule has 0 radical (unpaired) electrons. The number of hydrogen-bond donors (Lipinski definition) is 0. The van der Waals surface area contributed by atoms with Crippen LogP contribution >= 0.6 is 0 Å². The van der Waals surface area contributed by atoms with E-state index < -0.39 is 10.1 Å². The standard InChI is InChI=1S/C10H18O5S/c11-10(9-5-1-2-6-9)15-7-3-4-8-16(12,13)14/h9H,1-8H2,(H,12,13,14)/p-1. The average molecular weight is 249 g/mol. The lowest BCUT2D eigenvalue weighted by atomic mass is 10.1. The van der Waals surface area contributed by atoms with Crippen LogP contribution in [0.15, 0.2) is 0 Å². The molecule has 0 aromatic carbocycles. The summed E-state index contributed by atoms with van der Waals surface area (Å²) in [5, 5.41) is 0. The van der Waals surface area contributed by atoms with Crippen LogP contribution in [0, 0.1) is 5.92 Å². The van der Waals surface area contributed by atoms with Gasteiger partial charge < -0.3 is 9.29 Å². The van der Waals surface area contributed by atoms with E-state index in [0.29, 0.717) is 6.42 Å². The highest BCUT2D eigenvalue weighted by atomic mass is 32.2. The van der Waals surface area contributed by atoms with Crippen molar-refractivity contribution in [3.63, 3.8) is 0 Å². The van der Waals surface area contributed by atoms with E-state index in [-0.39, 0.29) is 30.7 Å². The van der Waals surface area contributed by atoms with E-state index >= 15 is 0 Å². The summed E-state index contributed by atoms with van der Waals surface area (Å²) in [5.74, 6) is -0.528. The van der Waals surface area contributed by atoms with Crippen LogP contribution in [-0.2, 0) is 19.6 Å². The van der Waals surface area contributed by atoms with E-state index in [0.717, 1.165) is 25.7 Å². The molecule has 5 nitrogen and oxygen atoms in total. The van der Waals surface area contributed by atoms with Crippen LogP contribution in [0.25, 0.3) is 0 Å². The molecule has 0 heterocycles. The molecule has 0 spiro atoms. The summed E-state index contributed by atoms with van der Waals surface area (Å²) in [6.45, 7) is 0.213. The summed E-state index contributed by atoms with van der Waals surface area (Å²) >= 11 is 0. The lowest BCUT2D eigenvalue weighted by molar-refractivity contribution is -0.148. The van der Waals surface area contributed by atoms with Crippen LogP contribution in [0.5, 0.6) is 0 Å². The minimum atomic E-state index is -4.13. The molecule has 0 N–H and O–H groups in total. The third-order valence-electron chi connectivity index (χ3n) is 2.72. The zero-order chi connectivity index (χ0) is 12.0. The van der Waals surface area contributed by atoms with Crippen molar-refractivity contribution in [3.8, 4) is 0 Å². The minimum Gasteiger partial charge on any atom is -0.748 e. The monoisotopic (exact) mass is 249 g/mol. The molecule has 0 unspecified atom stereocenters. The van der Waals surface area contributed by atoms with Crippen molar-refractivity contribution in [2.24, 2.45) is 5.92 Å². The Labute approximate surface area is 95.9 Å². The van der Waals surface area contributed by atoms with Gasteiger partial charge in [0.05, 0.1) is 22.6 Å². The molecule has 94 valence electrons. The van der Waals surface area contributed by atoms with Crippen molar-refractivity contribution in [1.82, 2.24) is 0 Å². The van der Waals surface area contributed by atoms with Crippen molar-refractivity contribution in [2.75, 3.05) is 12.4 Å². The van der Waals surface area contributed by atoms with E-state index in [9.17, 15) is 17.8 Å². The fourth-order valence-corrected chi connectivity index (χ4v) is 2.39. The van der Waals surface area contributed by atoms with Crippen LogP contribution in [0.4, 0.5) is 0 Å². The summed E-state index contributed by atoms with van der Waals surface area (Å²) in [6.07, 6.45) is 4.63. The quantitative estimate of drug-likeness (QED) is 0.399. The van der Waals surface area contributed by atoms with Crippen molar-refractivity contribution >= 4 is 16.1 Å². The largest absolute Gasteiger partial charge is 0.748 e. The molecule has 1 rings (SSSR count). The summed E-state index contributed by atoms with van der Waals surface area (Å²) in [6, 6.07) is 0. The summed E-state index contributed by atoms with van der Waals surface area (Å²) < 4.78 is 35.8. The lowest BCUT2D eigenvalue weighted by Gasteiger charge is -2.10. The van der Waals surface area contributed by atoms with Gasteiger partial charge in [-0.15, -0.1) is 0 Å². The molecule has 1 saturated carbocycles. The molecule has 16 heavy (non-hydrogen) atoms. The predicted octanol–water partition coefficient (Wildman–Crippen LogP) is 1.05. The Kier molecular flexibility index (Phi) is 5.21. The van der Waals surface area contributed by atoms with Crippen LogP contribution < -0.4 is 0 Å². The Morgan fingerprint density at radius 3 is 2.44 bits per heavy atom. The topological polar surface area (TPSA) is 83.5 Å². The third-order valence-corrected chi connectivity index (χ3v) is 3.51. The van der Waals surface area contributed by atoms with Gasteiger partial charge in [-0.25, -0.2) is 8.42 Å². The summed E-state index contributed by atoms with van der Waals surface area (Å²) in [7, 11) is -4.13. The molecule has 0 amide bonds. The van der Waals surface area contributed by atoms with Gasteiger partial charge in [0.2, 0.25) is 0 Å².